The predicted octanol–water partition coefficient (Wildman–Crippen LogP) is 4.83. The minimum absolute atomic E-state index is 0.148. The summed E-state index contributed by atoms with van der Waals surface area (Å²) < 4.78 is 24.2. The number of rotatable bonds is 6. The SMILES string of the molecule is CCOC(=O)Cc1cncc(-c2ccc(Oc3ncc(Cl)cc3F)cc2)c1. The molecule has 0 aliphatic heterocycles. The van der Waals surface area contributed by atoms with Gasteiger partial charge in [0.15, 0.2) is 5.82 Å². The van der Waals surface area contributed by atoms with Gasteiger partial charge in [-0.3, -0.25) is 9.78 Å². The topological polar surface area (TPSA) is 61.3 Å². The summed E-state index contributed by atoms with van der Waals surface area (Å²) in [5, 5.41) is 0.199. The summed E-state index contributed by atoms with van der Waals surface area (Å²) in [4.78, 5) is 19.6. The number of hydrogen-bond acceptors (Lipinski definition) is 5. The normalized spacial score (nSPS) is 10.5. The molecule has 0 unspecified atom stereocenters. The molecule has 2 aromatic heterocycles. The third-order valence-electron chi connectivity index (χ3n) is 3.62. The summed E-state index contributed by atoms with van der Waals surface area (Å²) >= 11 is 5.68. The number of nitrogens with zero attached hydrogens (tertiary/aromatic N) is 2. The van der Waals surface area contributed by atoms with E-state index < -0.39 is 5.82 Å². The standard InChI is InChI=1S/C20H16ClFN2O3/c1-2-26-19(25)8-13-7-15(11-23-10-13)14-3-5-17(6-4-14)27-20-18(22)9-16(21)12-24-20/h3-7,9-12H,2,8H2,1H3. The van der Waals surface area contributed by atoms with Gasteiger partial charge in [-0.1, -0.05) is 23.7 Å². The zero-order valence-electron chi connectivity index (χ0n) is 14.5. The lowest BCUT2D eigenvalue weighted by molar-refractivity contribution is -0.142. The Morgan fingerprint density at radius 1 is 1.11 bits per heavy atom. The Kier molecular flexibility index (Phi) is 5.98. The van der Waals surface area contributed by atoms with Crippen molar-refractivity contribution in [2.24, 2.45) is 0 Å². The Balaban J connectivity index is 1.74. The van der Waals surface area contributed by atoms with E-state index in [1.54, 1.807) is 31.5 Å². The van der Waals surface area contributed by atoms with Crippen LogP contribution in [0.25, 0.3) is 11.1 Å². The summed E-state index contributed by atoms with van der Waals surface area (Å²) in [6.45, 7) is 2.11. The Morgan fingerprint density at radius 3 is 2.59 bits per heavy atom. The third kappa shape index (κ3) is 5.01. The molecule has 27 heavy (non-hydrogen) atoms. The molecule has 0 radical (unpaired) electrons. The van der Waals surface area contributed by atoms with Crippen molar-refractivity contribution in [1.82, 2.24) is 9.97 Å². The number of ether oxygens (including phenoxy) is 2. The van der Waals surface area contributed by atoms with E-state index in [2.05, 4.69) is 9.97 Å². The molecule has 0 N–H and O–H groups in total. The van der Waals surface area contributed by atoms with E-state index >= 15 is 0 Å². The smallest absolute Gasteiger partial charge is 0.310 e. The maximum Gasteiger partial charge on any atom is 0.310 e. The molecular weight excluding hydrogens is 371 g/mol. The second-order valence-corrected chi connectivity index (χ2v) is 6.07. The van der Waals surface area contributed by atoms with Gasteiger partial charge in [0.2, 0.25) is 0 Å². The van der Waals surface area contributed by atoms with Crippen LogP contribution < -0.4 is 4.74 Å². The molecule has 0 aliphatic rings. The molecule has 0 amide bonds. The molecule has 0 fully saturated rings. The average molecular weight is 387 g/mol. The van der Waals surface area contributed by atoms with Gasteiger partial charge in [-0.05, 0) is 42.3 Å². The molecule has 0 spiro atoms. The first-order valence-electron chi connectivity index (χ1n) is 8.24. The van der Waals surface area contributed by atoms with Gasteiger partial charge in [0.05, 0.1) is 18.1 Å². The van der Waals surface area contributed by atoms with Crippen LogP contribution in [0, 0.1) is 5.82 Å². The van der Waals surface area contributed by atoms with E-state index in [9.17, 15) is 9.18 Å². The Bertz CT molecular complexity index is 948. The van der Waals surface area contributed by atoms with Crippen LogP contribution in [0.3, 0.4) is 0 Å². The third-order valence-corrected chi connectivity index (χ3v) is 3.83. The lowest BCUT2D eigenvalue weighted by Crippen LogP contribution is -2.07. The predicted molar refractivity (Wildman–Crippen MR) is 99.3 cm³/mol. The Hall–Kier alpha value is -2.99. The fraction of sp³-hybridized carbons (Fsp3) is 0.150. The van der Waals surface area contributed by atoms with Crippen LogP contribution >= 0.6 is 11.6 Å². The van der Waals surface area contributed by atoms with E-state index in [-0.39, 0.29) is 23.3 Å². The highest BCUT2D eigenvalue weighted by molar-refractivity contribution is 6.30. The number of aromatic nitrogens is 2. The minimum Gasteiger partial charge on any atom is -0.466 e. The number of halogens is 2. The zero-order valence-corrected chi connectivity index (χ0v) is 15.2. The number of carbonyl (C=O) groups excluding carboxylic acids is 1. The fourth-order valence-electron chi connectivity index (χ4n) is 2.42. The second-order valence-electron chi connectivity index (χ2n) is 5.63. The summed E-state index contributed by atoms with van der Waals surface area (Å²) in [6, 6.07) is 10.0. The van der Waals surface area contributed by atoms with E-state index in [0.29, 0.717) is 12.4 Å². The molecule has 3 rings (SSSR count). The number of carbonyl (C=O) groups is 1. The van der Waals surface area contributed by atoms with Crippen LogP contribution in [0.4, 0.5) is 4.39 Å². The monoisotopic (exact) mass is 386 g/mol. The summed E-state index contributed by atoms with van der Waals surface area (Å²) in [5.74, 6) is -0.645. The van der Waals surface area contributed by atoms with Crippen molar-refractivity contribution in [3.63, 3.8) is 0 Å². The van der Waals surface area contributed by atoms with Crippen LogP contribution in [0.2, 0.25) is 5.02 Å². The van der Waals surface area contributed by atoms with Crippen molar-refractivity contribution in [2.75, 3.05) is 6.61 Å². The Labute approximate surface area is 160 Å². The number of benzene rings is 1. The average Bonchev–Trinajstić information content (AvgIpc) is 2.65. The van der Waals surface area contributed by atoms with Gasteiger partial charge >= 0.3 is 5.97 Å². The number of hydrogen-bond donors (Lipinski definition) is 0. The van der Waals surface area contributed by atoms with Gasteiger partial charge in [-0.2, -0.15) is 0 Å². The van der Waals surface area contributed by atoms with Gasteiger partial charge in [-0.25, -0.2) is 9.37 Å². The van der Waals surface area contributed by atoms with Crippen LogP contribution in [0.15, 0.2) is 55.0 Å². The summed E-state index contributed by atoms with van der Waals surface area (Å²) in [6.07, 6.45) is 4.81. The first kappa shape index (κ1) is 18.8. The fourth-order valence-corrected chi connectivity index (χ4v) is 2.57. The lowest BCUT2D eigenvalue weighted by Gasteiger charge is -2.08. The van der Waals surface area contributed by atoms with Gasteiger partial charge < -0.3 is 9.47 Å². The maximum absolute atomic E-state index is 13.8. The quantitative estimate of drug-likeness (QED) is 0.567. The van der Waals surface area contributed by atoms with Crippen molar-refractivity contribution >= 4 is 17.6 Å². The number of pyridine rings is 2. The van der Waals surface area contributed by atoms with Crippen molar-refractivity contribution in [3.8, 4) is 22.8 Å². The highest BCUT2D eigenvalue weighted by Gasteiger charge is 2.09. The highest BCUT2D eigenvalue weighted by atomic mass is 35.5. The molecule has 0 bridgehead atoms. The molecule has 7 heteroatoms. The lowest BCUT2D eigenvalue weighted by atomic mass is 10.0. The zero-order chi connectivity index (χ0) is 19.2. The van der Waals surface area contributed by atoms with Gasteiger partial charge in [0.25, 0.3) is 5.88 Å². The molecule has 0 atom stereocenters. The highest BCUT2D eigenvalue weighted by Crippen LogP contribution is 2.27. The Morgan fingerprint density at radius 2 is 1.89 bits per heavy atom. The van der Waals surface area contributed by atoms with E-state index in [4.69, 9.17) is 21.1 Å². The molecule has 1 aromatic carbocycles. The first-order chi connectivity index (χ1) is 13.0. The van der Waals surface area contributed by atoms with Gasteiger partial charge in [-0.15, -0.1) is 0 Å². The van der Waals surface area contributed by atoms with Gasteiger partial charge in [0, 0.05) is 24.2 Å². The van der Waals surface area contributed by atoms with Crippen molar-refractivity contribution in [1.29, 1.82) is 0 Å². The van der Waals surface area contributed by atoms with Crippen LogP contribution in [0.1, 0.15) is 12.5 Å². The molecule has 0 saturated heterocycles. The molecule has 3 aromatic rings. The van der Waals surface area contributed by atoms with Crippen molar-refractivity contribution in [2.45, 2.75) is 13.3 Å². The molecule has 0 aliphatic carbocycles. The van der Waals surface area contributed by atoms with E-state index in [1.165, 1.54) is 6.20 Å². The van der Waals surface area contributed by atoms with Crippen LogP contribution in [-0.4, -0.2) is 22.5 Å². The van der Waals surface area contributed by atoms with Crippen molar-refractivity contribution in [3.05, 3.63) is 71.4 Å². The molecule has 138 valence electrons. The largest absolute Gasteiger partial charge is 0.466 e. The first-order valence-corrected chi connectivity index (χ1v) is 8.62. The second kappa shape index (κ2) is 8.60. The molecule has 5 nitrogen and oxygen atoms in total. The van der Waals surface area contributed by atoms with Crippen LogP contribution in [0.5, 0.6) is 11.6 Å². The van der Waals surface area contributed by atoms with E-state index in [1.807, 2.05) is 18.2 Å². The summed E-state index contributed by atoms with van der Waals surface area (Å²) in [5.41, 5.74) is 2.49. The maximum atomic E-state index is 13.8. The molecule has 0 saturated carbocycles. The molecule has 2 heterocycles. The van der Waals surface area contributed by atoms with Gasteiger partial charge in [0.1, 0.15) is 5.75 Å². The number of esters is 1. The van der Waals surface area contributed by atoms with Crippen LogP contribution in [-0.2, 0) is 16.0 Å². The minimum atomic E-state index is -0.637. The van der Waals surface area contributed by atoms with E-state index in [0.717, 1.165) is 22.8 Å². The van der Waals surface area contributed by atoms with Crippen molar-refractivity contribution < 1.29 is 18.7 Å². The molecular formula is C20H16ClFN2O3. The summed E-state index contributed by atoms with van der Waals surface area (Å²) in [7, 11) is 0.